The number of oxazole rings is 1. The first kappa shape index (κ1) is 34.3. The molecule has 0 radical (unpaired) electrons. The first-order valence-electron chi connectivity index (χ1n) is 14.4. The van der Waals surface area contributed by atoms with Gasteiger partial charge in [0.15, 0.2) is 6.39 Å². The normalized spacial score (nSPS) is 14.0. The van der Waals surface area contributed by atoms with Crippen molar-refractivity contribution in [2.24, 2.45) is 0 Å². The SMILES string of the molecule is O=C(O)C(F)(F)F.O=C(O)c1ccc2nc(CN3CCC(c4nccnc4OCc4ccc(Cl)cc4F)CC3)n(Cc3cnco3)c2c1. The summed E-state index contributed by atoms with van der Waals surface area (Å²) in [6.07, 6.45) is 2.81. The summed E-state index contributed by atoms with van der Waals surface area (Å²) >= 11 is 5.86. The quantitative estimate of drug-likeness (QED) is 0.176. The van der Waals surface area contributed by atoms with Gasteiger partial charge in [-0.15, -0.1) is 0 Å². The molecule has 0 saturated carbocycles. The highest BCUT2D eigenvalue weighted by molar-refractivity contribution is 6.30. The van der Waals surface area contributed by atoms with Crippen molar-refractivity contribution in [2.75, 3.05) is 13.1 Å². The summed E-state index contributed by atoms with van der Waals surface area (Å²) < 4.78 is 59.3. The van der Waals surface area contributed by atoms with E-state index in [0.717, 1.165) is 48.5 Å². The zero-order valence-electron chi connectivity index (χ0n) is 24.9. The molecule has 1 aliphatic rings. The fourth-order valence-electron chi connectivity index (χ4n) is 5.16. The molecular formula is C31H27ClF4N6O6. The number of aromatic nitrogens is 5. The van der Waals surface area contributed by atoms with Crippen molar-refractivity contribution < 1.29 is 46.5 Å². The first-order chi connectivity index (χ1) is 22.9. The van der Waals surface area contributed by atoms with Crippen molar-refractivity contribution in [3.8, 4) is 5.88 Å². The van der Waals surface area contributed by atoms with Gasteiger partial charge in [-0.25, -0.2) is 28.9 Å². The van der Waals surface area contributed by atoms with E-state index in [4.69, 9.17) is 35.6 Å². The van der Waals surface area contributed by atoms with Crippen molar-refractivity contribution in [1.82, 2.24) is 29.4 Å². The van der Waals surface area contributed by atoms with Gasteiger partial charge in [0.1, 0.15) is 29.7 Å². The Bertz CT molecular complexity index is 1890. The number of imidazole rings is 1. The largest absolute Gasteiger partial charge is 0.490 e. The average Bonchev–Trinajstić information content (AvgIpc) is 3.69. The number of halogens is 5. The standard InChI is InChI=1S/C29H26ClFN6O4.C2HF3O2/c30-21-3-1-20(23(31)12-21)16-40-28-27(33-7-8-34-28)18-5-9-36(10-6-18)15-26-35-24-4-2-19(29(38)39)11-25(24)37(26)14-22-13-32-17-41-22;3-2(4,5)1(6)7/h1-4,7-8,11-13,17-18H,5-6,9-10,14-16H2,(H,38,39);(H,6,7). The van der Waals surface area contributed by atoms with Gasteiger partial charge in [0, 0.05) is 28.9 Å². The number of carboxylic acids is 2. The average molecular weight is 691 g/mol. The van der Waals surface area contributed by atoms with Gasteiger partial charge < -0.3 is 23.9 Å². The van der Waals surface area contributed by atoms with E-state index in [0.29, 0.717) is 35.3 Å². The summed E-state index contributed by atoms with van der Waals surface area (Å²) in [6.45, 7) is 2.58. The number of hydrogen-bond donors (Lipinski definition) is 2. The number of carboxylic acid groups (broad SMARTS) is 2. The second-order valence-corrected chi connectivity index (χ2v) is 11.2. The van der Waals surface area contributed by atoms with Gasteiger partial charge in [0.05, 0.1) is 35.9 Å². The maximum absolute atomic E-state index is 14.2. The Morgan fingerprint density at radius 2 is 1.77 bits per heavy atom. The second-order valence-electron chi connectivity index (χ2n) is 10.7. The highest BCUT2D eigenvalue weighted by Gasteiger charge is 2.38. The Labute approximate surface area is 274 Å². The Kier molecular flexibility index (Phi) is 10.5. The Hall–Kier alpha value is -5.09. The van der Waals surface area contributed by atoms with Gasteiger partial charge in [0.25, 0.3) is 0 Å². The third-order valence-electron chi connectivity index (χ3n) is 7.52. The van der Waals surface area contributed by atoms with Crippen LogP contribution in [-0.2, 0) is 24.5 Å². The van der Waals surface area contributed by atoms with E-state index in [1.165, 1.54) is 12.5 Å². The molecule has 0 aliphatic carbocycles. The number of aromatic carboxylic acids is 1. The predicted octanol–water partition coefficient (Wildman–Crippen LogP) is 5.95. The Morgan fingerprint density at radius 1 is 1.04 bits per heavy atom. The van der Waals surface area contributed by atoms with Gasteiger partial charge in [-0.05, 0) is 56.3 Å². The molecule has 1 fully saturated rings. The van der Waals surface area contributed by atoms with Crippen molar-refractivity contribution in [3.63, 3.8) is 0 Å². The second kappa shape index (κ2) is 14.8. The lowest BCUT2D eigenvalue weighted by Crippen LogP contribution is -2.33. The number of piperidine rings is 1. The molecule has 1 aliphatic heterocycles. The smallest absolute Gasteiger partial charge is 0.478 e. The lowest BCUT2D eigenvalue weighted by atomic mass is 9.93. The van der Waals surface area contributed by atoms with Gasteiger partial charge in [-0.3, -0.25) is 9.88 Å². The molecule has 0 unspecified atom stereocenters. The number of aliphatic carboxylic acids is 1. The van der Waals surface area contributed by atoms with Crippen LogP contribution in [-0.4, -0.2) is 70.8 Å². The van der Waals surface area contributed by atoms with Crippen LogP contribution >= 0.6 is 11.6 Å². The van der Waals surface area contributed by atoms with Crippen LogP contribution in [0.1, 0.15) is 52.0 Å². The molecular weight excluding hydrogens is 664 g/mol. The lowest BCUT2D eigenvalue weighted by molar-refractivity contribution is -0.192. The van der Waals surface area contributed by atoms with Crippen LogP contribution in [0, 0.1) is 5.82 Å². The van der Waals surface area contributed by atoms with Crippen molar-refractivity contribution in [3.05, 3.63) is 101 Å². The minimum absolute atomic E-state index is 0.0263. The molecule has 0 atom stereocenters. The molecule has 4 heterocycles. The van der Waals surface area contributed by atoms with Gasteiger partial charge in [0.2, 0.25) is 5.88 Å². The van der Waals surface area contributed by atoms with Crippen LogP contribution in [0.15, 0.2) is 65.8 Å². The summed E-state index contributed by atoms with van der Waals surface area (Å²) in [6, 6.07) is 9.43. The molecule has 252 valence electrons. The van der Waals surface area contributed by atoms with Crippen LogP contribution in [0.3, 0.4) is 0 Å². The number of rotatable bonds is 9. The number of fused-ring (bicyclic) bond motifs is 1. The van der Waals surface area contributed by atoms with Crippen molar-refractivity contribution >= 4 is 34.6 Å². The molecule has 2 aromatic carbocycles. The minimum Gasteiger partial charge on any atom is -0.478 e. The highest BCUT2D eigenvalue weighted by Crippen LogP contribution is 2.33. The van der Waals surface area contributed by atoms with Crippen molar-refractivity contribution in [2.45, 2.75) is 44.6 Å². The number of ether oxygens (including phenoxy) is 1. The van der Waals surface area contributed by atoms with E-state index in [9.17, 15) is 27.5 Å². The summed E-state index contributed by atoms with van der Waals surface area (Å²) in [7, 11) is 0. The highest BCUT2D eigenvalue weighted by atomic mass is 35.5. The van der Waals surface area contributed by atoms with Crippen molar-refractivity contribution in [1.29, 1.82) is 0 Å². The van der Waals surface area contributed by atoms with Gasteiger partial charge in [-0.2, -0.15) is 13.2 Å². The zero-order chi connectivity index (χ0) is 34.4. The fourth-order valence-corrected chi connectivity index (χ4v) is 5.31. The molecule has 5 aromatic rings. The lowest BCUT2D eigenvalue weighted by Gasteiger charge is -2.31. The summed E-state index contributed by atoms with van der Waals surface area (Å²) in [4.78, 5) is 40.6. The molecule has 0 spiro atoms. The third kappa shape index (κ3) is 8.43. The molecule has 1 saturated heterocycles. The molecule has 6 rings (SSSR count). The predicted molar refractivity (Wildman–Crippen MR) is 161 cm³/mol. The minimum atomic E-state index is -5.08. The molecule has 3 aromatic heterocycles. The van der Waals surface area contributed by atoms with Gasteiger partial charge >= 0.3 is 18.1 Å². The number of benzene rings is 2. The molecule has 0 bridgehead atoms. The molecule has 2 N–H and O–H groups in total. The van der Waals surface area contributed by atoms with Crippen LogP contribution < -0.4 is 4.74 Å². The van der Waals surface area contributed by atoms with Crippen LogP contribution in [0.4, 0.5) is 17.6 Å². The monoisotopic (exact) mass is 690 g/mol. The number of alkyl halides is 3. The maximum atomic E-state index is 14.2. The van der Waals surface area contributed by atoms with E-state index < -0.39 is 23.9 Å². The fraction of sp³-hybridized carbons (Fsp3) is 0.290. The number of hydrogen-bond acceptors (Lipinski definition) is 9. The maximum Gasteiger partial charge on any atom is 0.490 e. The first-order valence-corrected chi connectivity index (χ1v) is 14.8. The van der Waals surface area contributed by atoms with Crippen LogP contribution in [0.25, 0.3) is 11.0 Å². The number of likely N-dealkylation sites (tertiary alicyclic amines) is 1. The summed E-state index contributed by atoms with van der Waals surface area (Å²) in [5.41, 5.74) is 2.80. The van der Waals surface area contributed by atoms with Crippen LogP contribution in [0.2, 0.25) is 5.02 Å². The van der Waals surface area contributed by atoms with E-state index >= 15 is 0 Å². The number of nitrogens with zero attached hydrogens (tertiary/aromatic N) is 6. The van der Waals surface area contributed by atoms with Gasteiger partial charge in [-0.1, -0.05) is 17.7 Å². The van der Waals surface area contributed by atoms with E-state index in [1.807, 2.05) is 4.57 Å². The summed E-state index contributed by atoms with van der Waals surface area (Å²) in [5.74, 6) is -2.17. The number of carbonyl (C=O) groups is 2. The molecule has 12 nitrogen and oxygen atoms in total. The molecule has 48 heavy (non-hydrogen) atoms. The zero-order valence-corrected chi connectivity index (χ0v) is 25.7. The van der Waals surface area contributed by atoms with E-state index in [-0.39, 0.29) is 18.1 Å². The molecule has 0 amide bonds. The van der Waals surface area contributed by atoms with E-state index in [2.05, 4.69) is 19.9 Å². The third-order valence-corrected chi connectivity index (χ3v) is 7.76. The Balaban J connectivity index is 0.000000582. The van der Waals surface area contributed by atoms with E-state index in [1.54, 1.807) is 48.9 Å². The summed E-state index contributed by atoms with van der Waals surface area (Å²) in [5, 5.41) is 17.0. The Morgan fingerprint density at radius 3 is 2.42 bits per heavy atom. The molecule has 17 heteroatoms. The van der Waals surface area contributed by atoms with Crippen LogP contribution in [0.5, 0.6) is 5.88 Å². The topological polar surface area (TPSA) is 157 Å².